The molecule has 5 nitrogen and oxygen atoms in total. The van der Waals surface area contributed by atoms with Crippen LogP contribution in [0.25, 0.3) is 10.9 Å². The summed E-state index contributed by atoms with van der Waals surface area (Å²) in [6.45, 7) is 6.10. The average molecular weight is 302 g/mol. The van der Waals surface area contributed by atoms with Crippen molar-refractivity contribution in [1.29, 1.82) is 0 Å². The van der Waals surface area contributed by atoms with E-state index in [1.807, 2.05) is 50.1 Å². The number of hydrogen-bond donors (Lipinski definition) is 1. The molecule has 1 N–H and O–H groups in total. The van der Waals surface area contributed by atoms with Crippen molar-refractivity contribution in [3.8, 4) is 5.75 Å². The number of pyridine rings is 1. The molecule has 0 aliphatic carbocycles. The van der Waals surface area contributed by atoms with Gasteiger partial charge in [0, 0.05) is 30.9 Å². The Balaban J connectivity index is 2.37. The molecule has 0 fully saturated rings. The molecule has 2 rings (SSSR count). The van der Waals surface area contributed by atoms with Crippen molar-refractivity contribution in [2.24, 2.45) is 5.92 Å². The number of rotatable bonds is 6. The van der Waals surface area contributed by atoms with Crippen LogP contribution in [0.5, 0.6) is 5.75 Å². The maximum absolute atomic E-state index is 11.0. The molecule has 1 aromatic carbocycles. The molecular weight excluding hydrogens is 280 g/mol. The Labute approximate surface area is 130 Å². The number of benzene rings is 1. The topological polar surface area (TPSA) is 62.7 Å². The van der Waals surface area contributed by atoms with Crippen molar-refractivity contribution in [3.63, 3.8) is 0 Å². The molecule has 1 heterocycles. The summed E-state index contributed by atoms with van der Waals surface area (Å²) in [5, 5.41) is 10.0. The van der Waals surface area contributed by atoms with Crippen molar-refractivity contribution in [1.82, 2.24) is 4.98 Å². The van der Waals surface area contributed by atoms with Gasteiger partial charge in [0.15, 0.2) is 0 Å². The van der Waals surface area contributed by atoms with Crippen LogP contribution in [0.1, 0.15) is 20.8 Å². The van der Waals surface area contributed by atoms with Gasteiger partial charge in [-0.15, -0.1) is 0 Å². The van der Waals surface area contributed by atoms with Gasteiger partial charge in [0.25, 0.3) is 0 Å². The number of aliphatic carboxylic acids is 1. The first kappa shape index (κ1) is 16.1. The summed E-state index contributed by atoms with van der Waals surface area (Å²) in [5.41, 5.74) is 1.82. The lowest BCUT2D eigenvalue weighted by Crippen LogP contribution is -2.28. The minimum Gasteiger partial charge on any atom is -0.491 e. The molecule has 1 aromatic heterocycles. The largest absolute Gasteiger partial charge is 0.491 e. The number of hydrogen-bond acceptors (Lipinski definition) is 4. The van der Waals surface area contributed by atoms with E-state index in [1.165, 1.54) is 0 Å². The highest BCUT2D eigenvalue weighted by Crippen LogP contribution is 2.29. The van der Waals surface area contributed by atoms with Crippen LogP contribution in [-0.2, 0) is 4.79 Å². The predicted octanol–water partition coefficient (Wildman–Crippen LogP) is 3.18. The lowest BCUT2D eigenvalue weighted by atomic mass is 10.1. The van der Waals surface area contributed by atoms with Crippen molar-refractivity contribution in [2.75, 3.05) is 18.5 Å². The first-order valence-corrected chi connectivity index (χ1v) is 7.38. The average Bonchev–Trinajstić information content (AvgIpc) is 2.45. The molecule has 0 saturated carbocycles. The Morgan fingerprint density at radius 3 is 2.68 bits per heavy atom. The zero-order valence-electron chi connectivity index (χ0n) is 13.4. The lowest BCUT2D eigenvalue weighted by molar-refractivity contribution is -0.140. The molecule has 0 saturated heterocycles. The molecule has 0 spiro atoms. The highest BCUT2D eigenvalue weighted by Gasteiger charge is 2.16. The predicted molar refractivity (Wildman–Crippen MR) is 87.6 cm³/mol. The number of aromatic nitrogens is 1. The summed E-state index contributed by atoms with van der Waals surface area (Å²) < 4.78 is 5.74. The quantitative estimate of drug-likeness (QED) is 0.888. The van der Waals surface area contributed by atoms with Crippen LogP contribution in [0.3, 0.4) is 0 Å². The van der Waals surface area contributed by atoms with Gasteiger partial charge in [-0.1, -0.05) is 6.92 Å². The van der Waals surface area contributed by atoms with E-state index in [-0.39, 0.29) is 6.10 Å². The maximum atomic E-state index is 11.0. The molecule has 118 valence electrons. The fraction of sp³-hybridized carbons (Fsp3) is 0.412. The van der Waals surface area contributed by atoms with Crippen molar-refractivity contribution < 1.29 is 14.6 Å². The molecular formula is C17H22N2O3. The Morgan fingerprint density at radius 2 is 2.05 bits per heavy atom. The SMILES string of the molecule is CC(C)Oc1ccc2nccc(N(C)CC(C)C(=O)O)c2c1. The minimum atomic E-state index is -0.797. The third-order valence-corrected chi connectivity index (χ3v) is 3.44. The van der Waals surface area contributed by atoms with Crippen LogP contribution in [0.2, 0.25) is 0 Å². The van der Waals surface area contributed by atoms with Crippen LogP contribution in [0.15, 0.2) is 30.5 Å². The summed E-state index contributed by atoms with van der Waals surface area (Å²) in [7, 11) is 1.89. The third kappa shape index (κ3) is 3.67. The van der Waals surface area contributed by atoms with Crippen LogP contribution in [0, 0.1) is 5.92 Å². The van der Waals surface area contributed by atoms with Gasteiger partial charge in [0.1, 0.15) is 5.75 Å². The molecule has 0 amide bonds. The van der Waals surface area contributed by atoms with Gasteiger partial charge in [-0.2, -0.15) is 0 Å². The van der Waals surface area contributed by atoms with E-state index in [2.05, 4.69) is 4.98 Å². The van der Waals surface area contributed by atoms with Gasteiger partial charge in [0.05, 0.1) is 17.5 Å². The molecule has 1 atom stereocenters. The molecule has 2 aromatic rings. The van der Waals surface area contributed by atoms with Crippen molar-refractivity contribution in [3.05, 3.63) is 30.5 Å². The van der Waals surface area contributed by atoms with Gasteiger partial charge in [-0.3, -0.25) is 9.78 Å². The van der Waals surface area contributed by atoms with E-state index in [0.29, 0.717) is 6.54 Å². The van der Waals surface area contributed by atoms with Gasteiger partial charge in [-0.05, 0) is 38.1 Å². The molecule has 5 heteroatoms. The van der Waals surface area contributed by atoms with Crippen molar-refractivity contribution >= 4 is 22.6 Å². The van der Waals surface area contributed by atoms with Crippen LogP contribution in [0.4, 0.5) is 5.69 Å². The highest BCUT2D eigenvalue weighted by molar-refractivity contribution is 5.92. The van der Waals surface area contributed by atoms with Gasteiger partial charge in [-0.25, -0.2) is 0 Å². The fourth-order valence-electron chi connectivity index (χ4n) is 2.38. The maximum Gasteiger partial charge on any atom is 0.308 e. The Morgan fingerprint density at radius 1 is 1.32 bits per heavy atom. The zero-order valence-corrected chi connectivity index (χ0v) is 13.4. The normalized spacial score (nSPS) is 12.4. The van der Waals surface area contributed by atoms with Crippen LogP contribution in [-0.4, -0.2) is 35.8 Å². The van der Waals surface area contributed by atoms with E-state index < -0.39 is 11.9 Å². The first-order chi connectivity index (χ1) is 10.4. The summed E-state index contributed by atoms with van der Waals surface area (Å²) in [4.78, 5) is 17.4. The Kier molecular flexibility index (Phi) is 4.85. The zero-order chi connectivity index (χ0) is 16.3. The second kappa shape index (κ2) is 6.64. The fourth-order valence-corrected chi connectivity index (χ4v) is 2.38. The van der Waals surface area contributed by atoms with Gasteiger partial charge < -0.3 is 14.7 Å². The highest BCUT2D eigenvalue weighted by atomic mass is 16.5. The number of fused-ring (bicyclic) bond motifs is 1. The summed E-state index contributed by atoms with van der Waals surface area (Å²) in [5.74, 6) is -0.450. The van der Waals surface area contributed by atoms with Crippen LogP contribution < -0.4 is 9.64 Å². The second-order valence-electron chi connectivity index (χ2n) is 5.80. The molecule has 1 unspecified atom stereocenters. The van der Waals surface area contributed by atoms with E-state index >= 15 is 0 Å². The summed E-state index contributed by atoms with van der Waals surface area (Å²) in [6, 6.07) is 7.68. The summed E-state index contributed by atoms with van der Waals surface area (Å²) >= 11 is 0. The third-order valence-electron chi connectivity index (χ3n) is 3.44. The van der Waals surface area contributed by atoms with Crippen LogP contribution >= 0.6 is 0 Å². The van der Waals surface area contributed by atoms with E-state index in [1.54, 1.807) is 13.1 Å². The molecule has 0 bridgehead atoms. The number of anilines is 1. The molecule has 0 aliphatic rings. The van der Waals surface area contributed by atoms with E-state index in [4.69, 9.17) is 9.84 Å². The molecule has 0 radical (unpaired) electrons. The molecule has 22 heavy (non-hydrogen) atoms. The number of carbonyl (C=O) groups is 1. The first-order valence-electron chi connectivity index (χ1n) is 7.38. The summed E-state index contributed by atoms with van der Waals surface area (Å²) in [6.07, 6.45) is 1.84. The van der Waals surface area contributed by atoms with E-state index in [9.17, 15) is 4.79 Å². The van der Waals surface area contributed by atoms with Gasteiger partial charge >= 0.3 is 5.97 Å². The number of nitrogens with zero attached hydrogens (tertiary/aromatic N) is 2. The number of ether oxygens (including phenoxy) is 1. The Hall–Kier alpha value is -2.30. The minimum absolute atomic E-state index is 0.0994. The number of carboxylic acid groups (broad SMARTS) is 1. The second-order valence-corrected chi connectivity index (χ2v) is 5.80. The Bertz CT molecular complexity index is 670. The van der Waals surface area contributed by atoms with E-state index in [0.717, 1.165) is 22.3 Å². The standard InChI is InChI=1S/C17H22N2O3/c1-11(2)22-13-5-6-15-14(9-13)16(7-8-18-15)19(4)10-12(3)17(20)21/h5-9,11-12H,10H2,1-4H3,(H,20,21). The monoisotopic (exact) mass is 302 g/mol. The molecule has 0 aliphatic heterocycles. The number of carboxylic acids is 1. The van der Waals surface area contributed by atoms with Gasteiger partial charge in [0.2, 0.25) is 0 Å². The van der Waals surface area contributed by atoms with Crippen molar-refractivity contribution in [2.45, 2.75) is 26.9 Å². The lowest BCUT2D eigenvalue weighted by Gasteiger charge is -2.23. The smallest absolute Gasteiger partial charge is 0.308 e.